The van der Waals surface area contributed by atoms with Crippen molar-refractivity contribution in [2.45, 2.75) is 19.8 Å². The fourth-order valence-electron chi connectivity index (χ4n) is 2.06. The molecule has 0 aromatic carbocycles. The minimum atomic E-state index is -0.130. The van der Waals surface area contributed by atoms with Gasteiger partial charge in [-0.1, -0.05) is 12.1 Å². The Morgan fingerprint density at radius 3 is 3.18 bits per heavy atom. The molecule has 1 amide bonds. The molecule has 1 saturated heterocycles. The molecule has 0 radical (unpaired) electrons. The third kappa shape index (κ3) is 2.27. The first-order chi connectivity index (χ1) is 8.26. The molecule has 0 spiro atoms. The summed E-state index contributed by atoms with van der Waals surface area (Å²) in [5, 5.41) is 22.0. The van der Waals surface area contributed by atoms with Crippen LogP contribution in [-0.4, -0.2) is 50.2 Å². The second-order valence-electron chi connectivity index (χ2n) is 4.05. The van der Waals surface area contributed by atoms with Crippen LogP contribution >= 0.6 is 0 Å². The third-order valence-electron chi connectivity index (χ3n) is 3.09. The summed E-state index contributed by atoms with van der Waals surface area (Å²) in [7, 11) is 0. The maximum absolute atomic E-state index is 12.0. The quantitative estimate of drug-likeness (QED) is 0.578. The standard InChI is InChI=1S/C10H15N5O2/c1-2-7-6-15(4-3-8(7)13-17)10(16)9-5-11-14-12-9/h5,7,17H,2-4,6H2,1H3,(H,11,12,14). The van der Waals surface area contributed by atoms with Crippen LogP contribution in [0.5, 0.6) is 0 Å². The van der Waals surface area contributed by atoms with E-state index in [4.69, 9.17) is 5.21 Å². The highest BCUT2D eigenvalue weighted by atomic mass is 16.4. The lowest BCUT2D eigenvalue weighted by Crippen LogP contribution is -2.44. The van der Waals surface area contributed by atoms with Crippen LogP contribution in [0.2, 0.25) is 0 Å². The normalized spacial score (nSPS) is 23.0. The summed E-state index contributed by atoms with van der Waals surface area (Å²) in [4.78, 5) is 13.7. The first kappa shape index (κ1) is 11.6. The van der Waals surface area contributed by atoms with Crippen molar-refractivity contribution < 1.29 is 10.0 Å². The van der Waals surface area contributed by atoms with E-state index in [0.717, 1.165) is 12.1 Å². The second-order valence-corrected chi connectivity index (χ2v) is 4.05. The van der Waals surface area contributed by atoms with Gasteiger partial charge in [0.05, 0.1) is 11.9 Å². The third-order valence-corrected chi connectivity index (χ3v) is 3.09. The highest BCUT2D eigenvalue weighted by Crippen LogP contribution is 2.18. The number of hydrogen-bond donors (Lipinski definition) is 2. The number of aromatic amines is 1. The van der Waals surface area contributed by atoms with Gasteiger partial charge in [-0.3, -0.25) is 4.79 Å². The van der Waals surface area contributed by atoms with Crippen LogP contribution in [0.4, 0.5) is 0 Å². The van der Waals surface area contributed by atoms with Crippen molar-refractivity contribution in [3.63, 3.8) is 0 Å². The molecule has 1 aromatic heterocycles. The van der Waals surface area contributed by atoms with Crippen LogP contribution < -0.4 is 0 Å². The zero-order valence-corrected chi connectivity index (χ0v) is 9.63. The molecule has 2 N–H and O–H groups in total. The van der Waals surface area contributed by atoms with Crippen LogP contribution in [0.15, 0.2) is 11.4 Å². The Hall–Kier alpha value is -1.92. The zero-order chi connectivity index (χ0) is 12.3. The summed E-state index contributed by atoms with van der Waals surface area (Å²) in [6, 6.07) is 0. The maximum Gasteiger partial charge on any atom is 0.276 e. The van der Waals surface area contributed by atoms with E-state index in [-0.39, 0.29) is 11.8 Å². The summed E-state index contributed by atoms with van der Waals surface area (Å²) in [6.07, 6.45) is 2.87. The molecular formula is C10H15N5O2. The molecule has 1 aromatic rings. The van der Waals surface area contributed by atoms with Gasteiger partial charge in [0.25, 0.3) is 5.91 Å². The van der Waals surface area contributed by atoms with Crippen LogP contribution in [0, 0.1) is 5.92 Å². The molecule has 1 unspecified atom stereocenters. The largest absolute Gasteiger partial charge is 0.411 e. The molecular weight excluding hydrogens is 222 g/mol. The Kier molecular flexibility index (Phi) is 3.36. The lowest BCUT2D eigenvalue weighted by molar-refractivity contribution is 0.0723. The van der Waals surface area contributed by atoms with Crippen LogP contribution in [0.1, 0.15) is 30.3 Å². The van der Waals surface area contributed by atoms with Crippen LogP contribution in [-0.2, 0) is 0 Å². The van der Waals surface area contributed by atoms with Crippen molar-refractivity contribution in [1.29, 1.82) is 0 Å². The number of aromatic nitrogens is 3. The van der Waals surface area contributed by atoms with Crippen molar-refractivity contribution in [1.82, 2.24) is 20.3 Å². The predicted octanol–water partition coefficient (Wildman–Crippen LogP) is 0.507. The number of piperidine rings is 1. The molecule has 7 nitrogen and oxygen atoms in total. The Labute approximate surface area is 98.5 Å². The fourth-order valence-corrected chi connectivity index (χ4v) is 2.06. The summed E-state index contributed by atoms with van der Waals surface area (Å²) in [5.41, 5.74) is 1.10. The number of amides is 1. The van der Waals surface area contributed by atoms with Crippen molar-refractivity contribution in [3.05, 3.63) is 11.9 Å². The number of hydrogen-bond acceptors (Lipinski definition) is 5. The Morgan fingerprint density at radius 2 is 2.59 bits per heavy atom. The number of nitrogens with one attached hydrogen (secondary N) is 1. The number of carbonyl (C=O) groups excluding carboxylic acids is 1. The lowest BCUT2D eigenvalue weighted by atomic mass is 9.93. The summed E-state index contributed by atoms with van der Waals surface area (Å²) >= 11 is 0. The lowest BCUT2D eigenvalue weighted by Gasteiger charge is -2.32. The number of oxime groups is 1. The molecule has 2 rings (SSSR count). The van der Waals surface area contributed by atoms with Gasteiger partial charge in [0.2, 0.25) is 0 Å². The first-order valence-corrected chi connectivity index (χ1v) is 5.62. The topological polar surface area (TPSA) is 94.5 Å². The van der Waals surface area contributed by atoms with E-state index in [9.17, 15) is 4.79 Å². The molecule has 92 valence electrons. The number of carbonyl (C=O) groups is 1. The molecule has 1 fully saturated rings. The predicted molar refractivity (Wildman–Crippen MR) is 59.9 cm³/mol. The van der Waals surface area contributed by atoms with E-state index in [1.165, 1.54) is 6.20 Å². The van der Waals surface area contributed by atoms with E-state index in [1.54, 1.807) is 4.90 Å². The number of H-pyrrole nitrogens is 1. The average Bonchev–Trinajstić information content (AvgIpc) is 2.90. The summed E-state index contributed by atoms with van der Waals surface area (Å²) < 4.78 is 0. The molecule has 2 heterocycles. The molecule has 1 aliphatic rings. The molecule has 0 saturated carbocycles. The summed E-state index contributed by atoms with van der Waals surface area (Å²) in [6.45, 7) is 3.14. The Balaban J connectivity index is 2.07. The Morgan fingerprint density at radius 1 is 1.76 bits per heavy atom. The molecule has 17 heavy (non-hydrogen) atoms. The maximum atomic E-state index is 12.0. The van der Waals surface area contributed by atoms with Gasteiger partial charge < -0.3 is 10.1 Å². The monoisotopic (exact) mass is 237 g/mol. The average molecular weight is 237 g/mol. The molecule has 0 bridgehead atoms. The highest BCUT2D eigenvalue weighted by molar-refractivity contribution is 5.94. The number of rotatable bonds is 2. The summed E-state index contributed by atoms with van der Waals surface area (Å²) in [5.74, 6) is -0.00112. The minimum Gasteiger partial charge on any atom is -0.411 e. The molecule has 7 heteroatoms. The van der Waals surface area contributed by atoms with E-state index < -0.39 is 0 Å². The van der Waals surface area contributed by atoms with Crippen molar-refractivity contribution >= 4 is 11.6 Å². The van der Waals surface area contributed by atoms with Crippen molar-refractivity contribution in [2.24, 2.45) is 11.1 Å². The SMILES string of the molecule is CCC1CN(C(=O)c2cn[nH]n2)CCC1=NO. The fraction of sp³-hybridized carbons (Fsp3) is 0.600. The van der Waals surface area contributed by atoms with Crippen molar-refractivity contribution in [2.75, 3.05) is 13.1 Å². The van der Waals surface area contributed by atoms with E-state index in [0.29, 0.717) is 25.2 Å². The van der Waals surface area contributed by atoms with E-state index in [1.807, 2.05) is 6.92 Å². The van der Waals surface area contributed by atoms with Gasteiger partial charge in [-0.15, -0.1) is 0 Å². The van der Waals surface area contributed by atoms with Gasteiger partial charge in [-0.2, -0.15) is 15.4 Å². The minimum absolute atomic E-state index is 0.129. The number of nitrogens with zero attached hydrogens (tertiary/aromatic N) is 4. The van der Waals surface area contributed by atoms with Gasteiger partial charge in [-0.05, 0) is 6.42 Å². The smallest absolute Gasteiger partial charge is 0.276 e. The second kappa shape index (κ2) is 4.94. The Bertz CT molecular complexity index is 414. The van der Waals surface area contributed by atoms with Gasteiger partial charge >= 0.3 is 0 Å². The van der Waals surface area contributed by atoms with Crippen LogP contribution in [0.3, 0.4) is 0 Å². The van der Waals surface area contributed by atoms with E-state index in [2.05, 4.69) is 20.6 Å². The van der Waals surface area contributed by atoms with Gasteiger partial charge in [0.1, 0.15) is 0 Å². The molecule has 1 aliphatic heterocycles. The number of likely N-dealkylation sites (tertiary alicyclic amines) is 1. The van der Waals surface area contributed by atoms with Gasteiger partial charge in [0.15, 0.2) is 5.69 Å². The van der Waals surface area contributed by atoms with Gasteiger partial charge in [-0.25, -0.2) is 0 Å². The molecule has 1 atom stereocenters. The zero-order valence-electron chi connectivity index (χ0n) is 9.63. The van der Waals surface area contributed by atoms with Crippen LogP contribution in [0.25, 0.3) is 0 Å². The van der Waals surface area contributed by atoms with Gasteiger partial charge in [0, 0.05) is 25.4 Å². The van der Waals surface area contributed by atoms with E-state index >= 15 is 0 Å². The highest BCUT2D eigenvalue weighted by Gasteiger charge is 2.29. The van der Waals surface area contributed by atoms with Crippen molar-refractivity contribution in [3.8, 4) is 0 Å². The first-order valence-electron chi connectivity index (χ1n) is 5.62. The molecule has 0 aliphatic carbocycles.